The summed E-state index contributed by atoms with van der Waals surface area (Å²) >= 11 is 0. The maximum Gasteiger partial charge on any atom is 0.211 e. The fourth-order valence-corrected chi connectivity index (χ4v) is 1.29. The summed E-state index contributed by atoms with van der Waals surface area (Å²) in [5, 5.41) is 11.2. The third-order valence-electron chi connectivity index (χ3n) is 1.89. The van der Waals surface area contributed by atoms with Crippen LogP contribution in [0.1, 0.15) is 13.3 Å². The summed E-state index contributed by atoms with van der Waals surface area (Å²) in [5.74, 6) is 0. The van der Waals surface area contributed by atoms with Crippen molar-refractivity contribution < 1.29 is 0 Å². The number of aryl methyl sites for hydroxylation is 1. The Kier molecular flexibility index (Phi) is 1.84. The number of hydrogen-bond donors (Lipinski definition) is 1. The Balaban J connectivity index is 2.68. The van der Waals surface area contributed by atoms with E-state index in [1.165, 1.54) is 6.20 Å². The standard InChI is InChI=1S/C8H10N4O/c1-2-3-12-8-6(4-10-12)7(13)5-9-11-8/h4-5H,2-3H2,1H3,(H,11,13). The van der Waals surface area contributed by atoms with Crippen LogP contribution in [0.5, 0.6) is 0 Å². The Morgan fingerprint density at radius 2 is 2.38 bits per heavy atom. The van der Waals surface area contributed by atoms with E-state index in [-0.39, 0.29) is 5.43 Å². The third kappa shape index (κ3) is 1.22. The first-order chi connectivity index (χ1) is 6.33. The number of nitrogens with zero attached hydrogens (tertiary/aromatic N) is 3. The smallest absolute Gasteiger partial charge is 0.211 e. The molecule has 0 radical (unpaired) electrons. The molecule has 0 amide bonds. The zero-order valence-corrected chi connectivity index (χ0v) is 7.32. The van der Waals surface area contributed by atoms with Gasteiger partial charge in [-0.3, -0.25) is 9.89 Å². The second-order valence-corrected chi connectivity index (χ2v) is 2.86. The average Bonchev–Trinajstić information content (AvgIpc) is 2.51. The zero-order chi connectivity index (χ0) is 9.26. The summed E-state index contributed by atoms with van der Waals surface area (Å²) < 4.78 is 1.75. The monoisotopic (exact) mass is 178 g/mol. The molecule has 0 aromatic carbocycles. The van der Waals surface area contributed by atoms with Gasteiger partial charge in [0.2, 0.25) is 5.43 Å². The minimum Gasteiger partial charge on any atom is -0.287 e. The number of H-pyrrole nitrogens is 1. The highest BCUT2D eigenvalue weighted by Crippen LogP contribution is 2.04. The van der Waals surface area contributed by atoms with Gasteiger partial charge >= 0.3 is 0 Å². The molecule has 5 heteroatoms. The van der Waals surface area contributed by atoms with Gasteiger partial charge in [0, 0.05) is 6.54 Å². The molecule has 0 spiro atoms. The van der Waals surface area contributed by atoms with Crippen LogP contribution >= 0.6 is 0 Å². The summed E-state index contributed by atoms with van der Waals surface area (Å²) in [7, 11) is 0. The molecule has 0 aliphatic rings. The van der Waals surface area contributed by atoms with E-state index in [0.717, 1.165) is 13.0 Å². The van der Waals surface area contributed by atoms with Gasteiger partial charge in [0.25, 0.3) is 0 Å². The molecule has 0 unspecified atom stereocenters. The van der Waals surface area contributed by atoms with Crippen molar-refractivity contribution in [2.75, 3.05) is 0 Å². The molecular weight excluding hydrogens is 168 g/mol. The Hall–Kier alpha value is -1.65. The summed E-state index contributed by atoms with van der Waals surface area (Å²) in [6.07, 6.45) is 3.82. The van der Waals surface area contributed by atoms with Crippen LogP contribution in [-0.2, 0) is 6.54 Å². The van der Waals surface area contributed by atoms with E-state index in [1.807, 2.05) is 0 Å². The predicted octanol–water partition coefficient (Wildman–Crippen LogP) is 0.530. The lowest BCUT2D eigenvalue weighted by Gasteiger charge is -1.98. The first-order valence-corrected chi connectivity index (χ1v) is 4.22. The second kappa shape index (κ2) is 3.01. The lowest BCUT2D eigenvalue weighted by atomic mass is 10.4. The molecule has 0 aliphatic heterocycles. The van der Waals surface area contributed by atoms with Gasteiger partial charge in [-0.05, 0) is 6.42 Å². The average molecular weight is 178 g/mol. The molecule has 68 valence electrons. The summed E-state index contributed by atoms with van der Waals surface area (Å²) in [5.41, 5.74) is 0.616. The Morgan fingerprint density at radius 3 is 3.15 bits per heavy atom. The molecule has 0 aliphatic carbocycles. The number of nitrogens with one attached hydrogen (secondary N) is 1. The number of hydrogen-bond acceptors (Lipinski definition) is 3. The SMILES string of the molecule is CCCn1ncc2c(=O)cn[nH]c21. The van der Waals surface area contributed by atoms with Crippen molar-refractivity contribution in [3.8, 4) is 0 Å². The van der Waals surface area contributed by atoms with Crippen molar-refractivity contribution in [2.24, 2.45) is 0 Å². The summed E-state index contributed by atoms with van der Waals surface area (Å²) in [6, 6.07) is 0. The van der Waals surface area contributed by atoms with E-state index in [1.54, 1.807) is 10.9 Å². The summed E-state index contributed by atoms with van der Waals surface area (Å²) in [6.45, 7) is 2.85. The molecule has 0 saturated carbocycles. The molecule has 0 bridgehead atoms. The highest BCUT2D eigenvalue weighted by Gasteiger charge is 2.04. The Morgan fingerprint density at radius 1 is 1.54 bits per heavy atom. The van der Waals surface area contributed by atoms with Gasteiger partial charge in [-0.15, -0.1) is 0 Å². The van der Waals surface area contributed by atoms with Gasteiger partial charge in [-0.25, -0.2) is 4.68 Å². The molecular formula is C8H10N4O. The van der Waals surface area contributed by atoms with Crippen LogP contribution in [0.25, 0.3) is 11.0 Å². The number of rotatable bonds is 2. The van der Waals surface area contributed by atoms with Crippen LogP contribution in [0.15, 0.2) is 17.2 Å². The molecule has 2 rings (SSSR count). The van der Waals surface area contributed by atoms with Gasteiger partial charge in [-0.2, -0.15) is 10.2 Å². The molecule has 2 aromatic heterocycles. The quantitative estimate of drug-likeness (QED) is 0.729. The molecule has 2 aromatic rings. The van der Waals surface area contributed by atoms with E-state index in [2.05, 4.69) is 22.2 Å². The predicted molar refractivity (Wildman–Crippen MR) is 48.4 cm³/mol. The van der Waals surface area contributed by atoms with Gasteiger partial charge in [-0.1, -0.05) is 6.92 Å². The van der Waals surface area contributed by atoms with Gasteiger partial charge in [0.05, 0.1) is 17.8 Å². The highest BCUT2D eigenvalue weighted by atomic mass is 16.1. The lowest BCUT2D eigenvalue weighted by Crippen LogP contribution is -2.05. The zero-order valence-electron chi connectivity index (χ0n) is 7.32. The normalized spacial score (nSPS) is 10.8. The first-order valence-electron chi connectivity index (χ1n) is 4.22. The third-order valence-corrected chi connectivity index (χ3v) is 1.89. The molecule has 0 saturated heterocycles. The molecule has 1 N–H and O–H groups in total. The van der Waals surface area contributed by atoms with Crippen LogP contribution in [0, 0.1) is 0 Å². The highest BCUT2D eigenvalue weighted by molar-refractivity contribution is 5.72. The van der Waals surface area contributed by atoms with E-state index in [4.69, 9.17) is 0 Å². The van der Waals surface area contributed by atoms with Crippen molar-refractivity contribution in [2.45, 2.75) is 19.9 Å². The number of fused-ring (bicyclic) bond motifs is 1. The molecule has 0 fully saturated rings. The van der Waals surface area contributed by atoms with Crippen LogP contribution in [0.4, 0.5) is 0 Å². The van der Waals surface area contributed by atoms with Crippen molar-refractivity contribution in [3.63, 3.8) is 0 Å². The largest absolute Gasteiger partial charge is 0.287 e. The molecule has 2 heterocycles. The van der Waals surface area contributed by atoms with Crippen molar-refractivity contribution in [1.29, 1.82) is 0 Å². The van der Waals surface area contributed by atoms with Crippen LogP contribution < -0.4 is 5.43 Å². The fourth-order valence-electron chi connectivity index (χ4n) is 1.29. The number of aromatic amines is 1. The minimum absolute atomic E-state index is 0.0869. The van der Waals surface area contributed by atoms with Crippen molar-refractivity contribution >= 4 is 11.0 Å². The van der Waals surface area contributed by atoms with Gasteiger partial charge < -0.3 is 0 Å². The van der Waals surface area contributed by atoms with Gasteiger partial charge in [0.15, 0.2) is 5.65 Å². The van der Waals surface area contributed by atoms with Crippen LogP contribution in [-0.4, -0.2) is 20.0 Å². The van der Waals surface area contributed by atoms with Gasteiger partial charge in [0.1, 0.15) is 0 Å². The van der Waals surface area contributed by atoms with E-state index in [0.29, 0.717) is 11.0 Å². The molecule has 13 heavy (non-hydrogen) atoms. The molecule has 5 nitrogen and oxygen atoms in total. The Labute approximate surface area is 74.4 Å². The number of aromatic nitrogens is 4. The van der Waals surface area contributed by atoms with Crippen molar-refractivity contribution in [1.82, 2.24) is 20.0 Å². The van der Waals surface area contributed by atoms with E-state index in [9.17, 15) is 4.79 Å². The fraction of sp³-hybridized carbons (Fsp3) is 0.375. The van der Waals surface area contributed by atoms with Crippen LogP contribution in [0.3, 0.4) is 0 Å². The maximum absolute atomic E-state index is 11.3. The molecule has 0 atom stereocenters. The first kappa shape index (κ1) is 7.97. The summed E-state index contributed by atoms with van der Waals surface area (Å²) in [4.78, 5) is 11.3. The van der Waals surface area contributed by atoms with Crippen molar-refractivity contribution in [3.05, 3.63) is 22.6 Å². The topological polar surface area (TPSA) is 63.6 Å². The van der Waals surface area contributed by atoms with E-state index >= 15 is 0 Å². The second-order valence-electron chi connectivity index (χ2n) is 2.86. The maximum atomic E-state index is 11.3. The van der Waals surface area contributed by atoms with E-state index < -0.39 is 0 Å². The lowest BCUT2D eigenvalue weighted by molar-refractivity contribution is 0.614. The minimum atomic E-state index is -0.0869. The van der Waals surface area contributed by atoms with Crippen LogP contribution in [0.2, 0.25) is 0 Å². The Bertz CT molecular complexity index is 470.